The molecule has 0 saturated heterocycles. The molecular formula is C15H32N4. The number of hydrogen-bond acceptors (Lipinski definition) is 2. The van der Waals surface area contributed by atoms with Crippen LogP contribution in [-0.2, 0) is 0 Å². The maximum Gasteiger partial charge on any atom is 0.191 e. The number of aliphatic imine (C=N–C) groups is 1. The highest BCUT2D eigenvalue weighted by atomic mass is 15.2. The summed E-state index contributed by atoms with van der Waals surface area (Å²) in [7, 11) is 4.28. The molecule has 0 radical (unpaired) electrons. The van der Waals surface area contributed by atoms with Crippen molar-refractivity contribution in [3.63, 3.8) is 0 Å². The van der Waals surface area contributed by atoms with Crippen LogP contribution in [-0.4, -0.2) is 50.6 Å². The van der Waals surface area contributed by atoms with E-state index >= 15 is 0 Å². The predicted octanol–water partition coefficient (Wildman–Crippen LogP) is 2.09. The number of nitrogens with one attached hydrogen (secondary N) is 2. The van der Waals surface area contributed by atoms with Crippen LogP contribution in [0.4, 0.5) is 0 Å². The Hall–Kier alpha value is -1.03. The molecule has 19 heavy (non-hydrogen) atoms. The lowest BCUT2D eigenvalue weighted by molar-refractivity contribution is 0.206. The SMILES string of the molecule is C=CCNC(=NCC(C(CC)CC)N(C)C)NCC. The fourth-order valence-corrected chi connectivity index (χ4v) is 2.26. The Bertz CT molecular complexity index is 257. The molecular weight excluding hydrogens is 236 g/mol. The lowest BCUT2D eigenvalue weighted by Gasteiger charge is -2.30. The molecule has 0 aromatic carbocycles. The molecule has 1 atom stereocenters. The largest absolute Gasteiger partial charge is 0.357 e. The quantitative estimate of drug-likeness (QED) is 0.382. The highest BCUT2D eigenvalue weighted by molar-refractivity contribution is 5.79. The lowest BCUT2D eigenvalue weighted by atomic mass is 9.93. The van der Waals surface area contributed by atoms with E-state index in [-0.39, 0.29) is 0 Å². The van der Waals surface area contributed by atoms with E-state index in [2.05, 4.69) is 57.0 Å². The number of rotatable bonds is 9. The summed E-state index contributed by atoms with van der Waals surface area (Å²) in [5.74, 6) is 1.57. The summed E-state index contributed by atoms with van der Waals surface area (Å²) in [4.78, 5) is 6.98. The van der Waals surface area contributed by atoms with Crippen LogP contribution in [0.1, 0.15) is 33.6 Å². The molecule has 4 heteroatoms. The second-order valence-corrected chi connectivity index (χ2v) is 5.00. The van der Waals surface area contributed by atoms with Crippen LogP contribution >= 0.6 is 0 Å². The van der Waals surface area contributed by atoms with Gasteiger partial charge in [-0.2, -0.15) is 0 Å². The van der Waals surface area contributed by atoms with Gasteiger partial charge in [0.1, 0.15) is 0 Å². The maximum absolute atomic E-state index is 4.69. The highest BCUT2D eigenvalue weighted by Crippen LogP contribution is 2.17. The highest BCUT2D eigenvalue weighted by Gasteiger charge is 2.20. The zero-order valence-electron chi connectivity index (χ0n) is 13.4. The van der Waals surface area contributed by atoms with Crippen LogP contribution in [0.2, 0.25) is 0 Å². The summed E-state index contributed by atoms with van der Waals surface area (Å²) in [5.41, 5.74) is 0. The van der Waals surface area contributed by atoms with Crippen molar-refractivity contribution in [1.82, 2.24) is 15.5 Å². The van der Waals surface area contributed by atoms with E-state index in [0.29, 0.717) is 12.0 Å². The third kappa shape index (κ3) is 7.21. The monoisotopic (exact) mass is 268 g/mol. The Labute approximate surface area is 119 Å². The molecule has 0 aromatic heterocycles. The molecule has 0 amide bonds. The fourth-order valence-electron chi connectivity index (χ4n) is 2.26. The number of likely N-dealkylation sites (N-methyl/N-ethyl adjacent to an activating group) is 1. The van der Waals surface area contributed by atoms with Crippen LogP contribution in [0.3, 0.4) is 0 Å². The van der Waals surface area contributed by atoms with Gasteiger partial charge in [-0.25, -0.2) is 0 Å². The van der Waals surface area contributed by atoms with Gasteiger partial charge in [-0.1, -0.05) is 32.8 Å². The standard InChI is InChI=1S/C15H32N4/c1-7-11-17-15(16-10-4)18-12-14(19(5)6)13(8-2)9-3/h7,13-14H,1,8-12H2,2-6H3,(H2,16,17,18). The molecule has 112 valence electrons. The van der Waals surface area contributed by atoms with Gasteiger partial charge in [0.25, 0.3) is 0 Å². The predicted molar refractivity (Wildman–Crippen MR) is 85.7 cm³/mol. The molecule has 4 nitrogen and oxygen atoms in total. The fraction of sp³-hybridized carbons (Fsp3) is 0.800. The normalized spacial score (nSPS) is 13.7. The maximum atomic E-state index is 4.69. The van der Waals surface area contributed by atoms with Crippen molar-refractivity contribution in [2.75, 3.05) is 33.7 Å². The Kier molecular flexibility index (Phi) is 10.3. The molecule has 1 unspecified atom stereocenters. The molecule has 0 aromatic rings. The number of hydrogen-bond donors (Lipinski definition) is 2. The summed E-state index contributed by atoms with van der Waals surface area (Å²) in [5, 5.41) is 6.50. The van der Waals surface area contributed by atoms with Crippen LogP contribution < -0.4 is 10.6 Å². The van der Waals surface area contributed by atoms with Crippen molar-refractivity contribution in [2.45, 2.75) is 39.7 Å². The first-order valence-corrected chi connectivity index (χ1v) is 7.40. The summed E-state index contributed by atoms with van der Waals surface area (Å²) < 4.78 is 0. The zero-order chi connectivity index (χ0) is 14.7. The van der Waals surface area contributed by atoms with Gasteiger partial charge in [0.2, 0.25) is 0 Å². The van der Waals surface area contributed by atoms with E-state index in [1.807, 2.05) is 6.08 Å². The third-order valence-corrected chi connectivity index (χ3v) is 3.45. The van der Waals surface area contributed by atoms with Crippen molar-refractivity contribution >= 4 is 5.96 Å². The van der Waals surface area contributed by atoms with Gasteiger partial charge in [0, 0.05) is 19.1 Å². The molecule has 0 rings (SSSR count). The first kappa shape index (κ1) is 18.0. The van der Waals surface area contributed by atoms with Gasteiger partial charge in [0.15, 0.2) is 5.96 Å². The number of guanidine groups is 1. The Morgan fingerprint density at radius 2 is 1.84 bits per heavy atom. The van der Waals surface area contributed by atoms with E-state index in [9.17, 15) is 0 Å². The summed E-state index contributed by atoms with van der Waals surface area (Å²) in [6.45, 7) is 12.8. The molecule has 0 spiro atoms. The molecule has 0 aliphatic carbocycles. The molecule has 0 fully saturated rings. The summed E-state index contributed by atoms with van der Waals surface area (Å²) in [6.07, 6.45) is 4.24. The van der Waals surface area contributed by atoms with E-state index in [4.69, 9.17) is 4.99 Å². The summed E-state index contributed by atoms with van der Waals surface area (Å²) in [6, 6.07) is 0.495. The lowest BCUT2D eigenvalue weighted by Crippen LogP contribution is -2.41. The average Bonchev–Trinajstić information content (AvgIpc) is 2.40. The van der Waals surface area contributed by atoms with Gasteiger partial charge in [-0.3, -0.25) is 4.99 Å². The first-order chi connectivity index (χ1) is 9.10. The second kappa shape index (κ2) is 10.9. The minimum atomic E-state index is 0.495. The average molecular weight is 268 g/mol. The van der Waals surface area contributed by atoms with Gasteiger partial charge < -0.3 is 15.5 Å². The van der Waals surface area contributed by atoms with Crippen molar-refractivity contribution < 1.29 is 0 Å². The minimum absolute atomic E-state index is 0.495. The van der Waals surface area contributed by atoms with Crippen molar-refractivity contribution in [1.29, 1.82) is 0 Å². The van der Waals surface area contributed by atoms with E-state index in [0.717, 1.165) is 25.6 Å². The molecule has 0 bridgehead atoms. The Morgan fingerprint density at radius 3 is 2.26 bits per heavy atom. The van der Waals surface area contributed by atoms with E-state index in [1.165, 1.54) is 12.8 Å². The van der Waals surface area contributed by atoms with Gasteiger partial charge >= 0.3 is 0 Å². The minimum Gasteiger partial charge on any atom is -0.357 e. The van der Waals surface area contributed by atoms with Gasteiger partial charge in [0.05, 0.1) is 6.54 Å². The van der Waals surface area contributed by atoms with Crippen molar-refractivity contribution in [3.05, 3.63) is 12.7 Å². The van der Waals surface area contributed by atoms with Crippen LogP contribution in [0.25, 0.3) is 0 Å². The Balaban J connectivity index is 4.65. The van der Waals surface area contributed by atoms with Crippen LogP contribution in [0.15, 0.2) is 17.6 Å². The third-order valence-electron chi connectivity index (χ3n) is 3.45. The van der Waals surface area contributed by atoms with Crippen LogP contribution in [0.5, 0.6) is 0 Å². The molecule has 0 saturated carbocycles. The molecule has 0 aliphatic rings. The molecule has 0 heterocycles. The van der Waals surface area contributed by atoms with Gasteiger partial charge in [-0.15, -0.1) is 6.58 Å². The summed E-state index contributed by atoms with van der Waals surface area (Å²) >= 11 is 0. The smallest absolute Gasteiger partial charge is 0.191 e. The molecule has 2 N–H and O–H groups in total. The van der Waals surface area contributed by atoms with Crippen molar-refractivity contribution in [3.8, 4) is 0 Å². The molecule has 0 aliphatic heterocycles. The zero-order valence-corrected chi connectivity index (χ0v) is 13.4. The first-order valence-electron chi connectivity index (χ1n) is 7.40. The van der Waals surface area contributed by atoms with E-state index in [1.54, 1.807) is 0 Å². The number of nitrogens with zero attached hydrogens (tertiary/aromatic N) is 2. The Morgan fingerprint density at radius 1 is 1.21 bits per heavy atom. The van der Waals surface area contributed by atoms with Gasteiger partial charge in [-0.05, 0) is 26.9 Å². The second-order valence-electron chi connectivity index (χ2n) is 5.00. The van der Waals surface area contributed by atoms with Crippen molar-refractivity contribution in [2.24, 2.45) is 10.9 Å². The van der Waals surface area contributed by atoms with E-state index < -0.39 is 0 Å². The topological polar surface area (TPSA) is 39.7 Å². The van der Waals surface area contributed by atoms with Crippen LogP contribution in [0, 0.1) is 5.92 Å².